The van der Waals surface area contributed by atoms with Crippen LogP contribution in [0.25, 0.3) is 0 Å². The number of likely N-dealkylation sites (tertiary alicyclic amines) is 1. The highest BCUT2D eigenvalue weighted by Gasteiger charge is 2.24. The average Bonchev–Trinajstić information content (AvgIpc) is 2.47. The molecule has 0 saturated carbocycles. The molecule has 1 heterocycles. The Morgan fingerprint density at radius 2 is 1.95 bits per heavy atom. The molecule has 1 N–H and O–H groups in total. The molecule has 1 fully saturated rings. The van der Waals surface area contributed by atoms with Gasteiger partial charge in [-0.1, -0.05) is 17.7 Å². The zero-order chi connectivity index (χ0) is 15.4. The summed E-state index contributed by atoms with van der Waals surface area (Å²) in [5.74, 6) is -0.116. The second-order valence-electron chi connectivity index (χ2n) is 5.42. The lowest BCUT2D eigenvalue weighted by atomic mass is 10.0. The molecule has 2 rings (SSSR count). The number of urea groups is 1. The minimum absolute atomic E-state index is 0.0228. The van der Waals surface area contributed by atoms with E-state index >= 15 is 0 Å². The molecule has 0 atom stereocenters. The van der Waals surface area contributed by atoms with E-state index in [4.69, 9.17) is 11.6 Å². The number of hydrogen-bond acceptors (Lipinski definition) is 2. The van der Waals surface area contributed by atoms with Crippen LogP contribution in [0, 0.1) is 0 Å². The molecule has 1 saturated heterocycles. The molecule has 0 aromatic heterocycles. The van der Waals surface area contributed by atoms with E-state index in [9.17, 15) is 9.59 Å². The smallest absolute Gasteiger partial charge is 0.319 e. The first-order valence-corrected chi connectivity index (χ1v) is 7.38. The lowest BCUT2D eigenvalue weighted by Crippen LogP contribution is -2.49. The zero-order valence-corrected chi connectivity index (χ0v) is 13.1. The van der Waals surface area contributed by atoms with Crippen molar-refractivity contribution in [3.8, 4) is 0 Å². The molecule has 114 valence electrons. The van der Waals surface area contributed by atoms with Crippen molar-refractivity contribution in [3.05, 3.63) is 34.9 Å². The minimum Gasteiger partial charge on any atom is -0.349 e. The Balaban J connectivity index is 1.86. The Hall–Kier alpha value is -1.75. The number of carbonyl (C=O) groups excluding carboxylic acids is 2. The predicted octanol–water partition coefficient (Wildman–Crippen LogP) is 2.22. The van der Waals surface area contributed by atoms with Crippen molar-refractivity contribution in [3.63, 3.8) is 0 Å². The summed E-state index contributed by atoms with van der Waals surface area (Å²) in [6.45, 7) is 1.33. The van der Waals surface area contributed by atoms with Crippen LogP contribution in [0.15, 0.2) is 24.3 Å². The molecule has 5 nitrogen and oxygen atoms in total. The second kappa shape index (κ2) is 6.80. The van der Waals surface area contributed by atoms with Gasteiger partial charge in [-0.05, 0) is 31.0 Å². The van der Waals surface area contributed by atoms with Crippen LogP contribution in [0.5, 0.6) is 0 Å². The molecular weight excluding hydrogens is 290 g/mol. The molecule has 0 radical (unpaired) electrons. The van der Waals surface area contributed by atoms with E-state index < -0.39 is 0 Å². The number of halogens is 1. The van der Waals surface area contributed by atoms with E-state index in [0.717, 1.165) is 12.8 Å². The third-order valence-corrected chi connectivity index (χ3v) is 3.81. The highest BCUT2D eigenvalue weighted by Crippen LogP contribution is 2.14. The monoisotopic (exact) mass is 309 g/mol. The first-order valence-electron chi connectivity index (χ1n) is 7.00. The molecule has 0 bridgehead atoms. The number of piperidine rings is 1. The van der Waals surface area contributed by atoms with E-state index in [1.54, 1.807) is 43.3 Å². The lowest BCUT2D eigenvalue weighted by Gasteiger charge is -2.33. The molecule has 1 aliphatic rings. The van der Waals surface area contributed by atoms with E-state index in [-0.39, 0.29) is 18.0 Å². The van der Waals surface area contributed by atoms with E-state index in [2.05, 4.69) is 5.32 Å². The summed E-state index contributed by atoms with van der Waals surface area (Å²) in [6.07, 6.45) is 1.54. The first kappa shape index (κ1) is 15.6. The van der Waals surface area contributed by atoms with Crippen molar-refractivity contribution in [1.29, 1.82) is 0 Å². The fourth-order valence-corrected chi connectivity index (χ4v) is 2.59. The Bertz CT molecular complexity index is 525. The third-order valence-electron chi connectivity index (χ3n) is 3.57. The molecule has 3 amide bonds. The van der Waals surface area contributed by atoms with Gasteiger partial charge >= 0.3 is 6.03 Å². The normalized spacial score (nSPS) is 15.7. The largest absolute Gasteiger partial charge is 0.349 e. The molecule has 21 heavy (non-hydrogen) atoms. The number of amides is 3. The summed E-state index contributed by atoms with van der Waals surface area (Å²) in [5, 5.41) is 3.55. The van der Waals surface area contributed by atoms with Gasteiger partial charge in [-0.25, -0.2) is 4.79 Å². The Labute approximate surface area is 129 Å². The van der Waals surface area contributed by atoms with E-state index in [0.29, 0.717) is 23.7 Å². The molecule has 1 aromatic carbocycles. The van der Waals surface area contributed by atoms with Gasteiger partial charge in [0.15, 0.2) is 0 Å². The maximum absolute atomic E-state index is 12.1. The van der Waals surface area contributed by atoms with Crippen molar-refractivity contribution >= 4 is 23.5 Å². The number of carbonyl (C=O) groups is 2. The van der Waals surface area contributed by atoms with Gasteiger partial charge in [-0.3, -0.25) is 4.79 Å². The summed E-state index contributed by atoms with van der Waals surface area (Å²) in [5.41, 5.74) is 0.564. The number of benzene rings is 1. The zero-order valence-electron chi connectivity index (χ0n) is 12.3. The van der Waals surface area contributed by atoms with Crippen LogP contribution in [-0.2, 0) is 0 Å². The standard InChI is InChI=1S/C15H20ClN3O2/c1-18(2)15(21)19-8-6-13(7-9-19)17-14(20)11-4-3-5-12(16)10-11/h3-5,10,13H,6-9H2,1-2H3,(H,17,20). The van der Waals surface area contributed by atoms with Crippen molar-refractivity contribution in [2.24, 2.45) is 0 Å². The second-order valence-corrected chi connectivity index (χ2v) is 5.86. The maximum Gasteiger partial charge on any atom is 0.319 e. The van der Waals surface area contributed by atoms with Gasteiger partial charge < -0.3 is 15.1 Å². The molecule has 1 aliphatic heterocycles. The number of rotatable bonds is 2. The number of nitrogens with zero attached hydrogens (tertiary/aromatic N) is 2. The topological polar surface area (TPSA) is 52.7 Å². The summed E-state index contributed by atoms with van der Waals surface area (Å²) in [6, 6.07) is 7.02. The maximum atomic E-state index is 12.1. The van der Waals surface area contributed by atoms with Crippen molar-refractivity contribution in [1.82, 2.24) is 15.1 Å². The van der Waals surface area contributed by atoms with Gasteiger partial charge in [-0.2, -0.15) is 0 Å². The Kier molecular flexibility index (Phi) is 5.07. The molecule has 0 spiro atoms. The highest BCUT2D eigenvalue weighted by atomic mass is 35.5. The molecule has 6 heteroatoms. The van der Waals surface area contributed by atoms with Gasteiger partial charge in [0.2, 0.25) is 0 Å². The fourth-order valence-electron chi connectivity index (χ4n) is 2.40. The first-order chi connectivity index (χ1) is 9.97. The number of hydrogen-bond donors (Lipinski definition) is 1. The van der Waals surface area contributed by atoms with E-state index in [1.165, 1.54) is 0 Å². The van der Waals surface area contributed by atoms with Crippen LogP contribution >= 0.6 is 11.6 Å². The predicted molar refractivity (Wildman–Crippen MR) is 82.6 cm³/mol. The fraction of sp³-hybridized carbons (Fsp3) is 0.467. The van der Waals surface area contributed by atoms with Crippen molar-refractivity contribution in [2.45, 2.75) is 18.9 Å². The van der Waals surface area contributed by atoms with Crippen LogP contribution in [-0.4, -0.2) is 55.0 Å². The molecule has 0 aliphatic carbocycles. The van der Waals surface area contributed by atoms with Gasteiger partial charge in [0.25, 0.3) is 5.91 Å². The van der Waals surface area contributed by atoms with E-state index in [1.807, 2.05) is 4.90 Å². The van der Waals surface area contributed by atoms with Crippen LogP contribution < -0.4 is 5.32 Å². The summed E-state index contributed by atoms with van der Waals surface area (Å²) in [7, 11) is 3.49. The number of nitrogens with one attached hydrogen (secondary N) is 1. The molecular formula is C15H20ClN3O2. The Morgan fingerprint density at radius 3 is 2.52 bits per heavy atom. The highest BCUT2D eigenvalue weighted by molar-refractivity contribution is 6.30. The van der Waals surface area contributed by atoms with Crippen LogP contribution in [0.4, 0.5) is 4.79 Å². The quantitative estimate of drug-likeness (QED) is 0.910. The summed E-state index contributed by atoms with van der Waals surface area (Å²) < 4.78 is 0. The van der Waals surface area contributed by atoms with Crippen LogP contribution in [0.1, 0.15) is 23.2 Å². The van der Waals surface area contributed by atoms with Gasteiger partial charge in [-0.15, -0.1) is 0 Å². The van der Waals surface area contributed by atoms with Crippen LogP contribution in [0.2, 0.25) is 5.02 Å². The molecule has 1 aromatic rings. The Morgan fingerprint density at radius 1 is 1.29 bits per heavy atom. The summed E-state index contributed by atoms with van der Waals surface area (Å²) >= 11 is 5.89. The SMILES string of the molecule is CN(C)C(=O)N1CCC(NC(=O)c2cccc(Cl)c2)CC1. The summed E-state index contributed by atoms with van der Waals surface area (Å²) in [4.78, 5) is 27.3. The van der Waals surface area contributed by atoms with Crippen LogP contribution in [0.3, 0.4) is 0 Å². The average molecular weight is 310 g/mol. The van der Waals surface area contributed by atoms with Gasteiger partial charge in [0.05, 0.1) is 0 Å². The van der Waals surface area contributed by atoms with Gasteiger partial charge in [0.1, 0.15) is 0 Å². The van der Waals surface area contributed by atoms with Crippen molar-refractivity contribution < 1.29 is 9.59 Å². The lowest BCUT2D eigenvalue weighted by molar-refractivity contribution is 0.0914. The van der Waals surface area contributed by atoms with Crippen molar-refractivity contribution in [2.75, 3.05) is 27.2 Å². The van der Waals surface area contributed by atoms with Gasteiger partial charge in [0, 0.05) is 43.8 Å². The minimum atomic E-state index is -0.116. The third kappa shape index (κ3) is 4.11. The molecule has 0 unspecified atom stereocenters.